The molecule has 0 aliphatic heterocycles. The second-order valence-corrected chi connectivity index (χ2v) is 1.97. The number of hydrogen-bond acceptors (Lipinski definition) is 2. The van der Waals surface area contributed by atoms with Crippen molar-refractivity contribution in [3.05, 3.63) is 18.6 Å². The summed E-state index contributed by atoms with van der Waals surface area (Å²) in [6, 6.07) is 1.80. The molecule has 0 bridgehead atoms. The Morgan fingerprint density at radius 2 is 2.60 bits per heavy atom. The van der Waals surface area contributed by atoms with Crippen molar-refractivity contribution in [3.63, 3.8) is 0 Å². The molecule has 2 rings (SSSR count). The van der Waals surface area contributed by atoms with Gasteiger partial charge in [-0.05, 0) is 6.07 Å². The molecule has 1 N–H and O–H groups in total. The number of aromatic nitrogens is 3. The Labute approximate surface area is 56.5 Å². The van der Waals surface area contributed by atoms with E-state index in [2.05, 4.69) is 9.97 Å². The number of aromatic amines is 1. The van der Waals surface area contributed by atoms with E-state index in [9.17, 15) is 4.79 Å². The molecule has 0 saturated carbocycles. The van der Waals surface area contributed by atoms with Crippen LogP contribution in [-0.2, 0) is 4.79 Å². The highest BCUT2D eigenvalue weighted by molar-refractivity contribution is 5.78. The van der Waals surface area contributed by atoms with Gasteiger partial charge in [0.25, 0.3) is 0 Å². The molecular weight excluding hydrogens is 130 g/mol. The van der Waals surface area contributed by atoms with Gasteiger partial charge in [0, 0.05) is 6.20 Å². The molecule has 4 heteroatoms. The molecule has 50 valence electrons. The van der Waals surface area contributed by atoms with Crippen molar-refractivity contribution in [3.8, 4) is 0 Å². The van der Waals surface area contributed by atoms with E-state index in [0.29, 0.717) is 0 Å². The van der Waals surface area contributed by atoms with Gasteiger partial charge in [0.2, 0.25) is 6.41 Å². The number of carbonyl (C=O) groups is 1. The summed E-state index contributed by atoms with van der Waals surface area (Å²) in [6.07, 6.45) is 3.95. The Morgan fingerprint density at radius 1 is 1.70 bits per heavy atom. The van der Waals surface area contributed by atoms with Gasteiger partial charge in [-0.15, -0.1) is 0 Å². The van der Waals surface area contributed by atoms with E-state index in [-0.39, 0.29) is 0 Å². The topological polar surface area (TPSA) is 50.7 Å². The van der Waals surface area contributed by atoms with Crippen LogP contribution >= 0.6 is 0 Å². The predicted octanol–water partition coefficient (Wildman–Crippen LogP) is 0.403. The van der Waals surface area contributed by atoms with Gasteiger partial charge in [-0.25, -0.2) is 4.98 Å². The molecule has 0 spiro atoms. The number of hydrogen-bond donors (Lipinski definition) is 1. The van der Waals surface area contributed by atoms with Crippen LogP contribution < -0.4 is 0 Å². The maximum absolute atomic E-state index is 10.3. The molecule has 0 radical (unpaired) electrons. The lowest BCUT2D eigenvalue weighted by Crippen LogP contribution is -1.88. The van der Waals surface area contributed by atoms with Crippen LogP contribution in [0.15, 0.2) is 18.6 Å². The van der Waals surface area contributed by atoms with Crippen molar-refractivity contribution in [2.24, 2.45) is 0 Å². The third-order valence-electron chi connectivity index (χ3n) is 1.41. The Balaban J connectivity index is 2.88. The van der Waals surface area contributed by atoms with Crippen molar-refractivity contribution in [2.45, 2.75) is 0 Å². The van der Waals surface area contributed by atoms with E-state index < -0.39 is 0 Å². The molecule has 0 aromatic carbocycles. The van der Waals surface area contributed by atoms with Gasteiger partial charge in [0.05, 0.1) is 5.52 Å². The van der Waals surface area contributed by atoms with Crippen LogP contribution in [0.25, 0.3) is 11.2 Å². The first-order valence-corrected chi connectivity index (χ1v) is 2.87. The van der Waals surface area contributed by atoms with Gasteiger partial charge in [-0.1, -0.05) is 0 Å². The van der Waals surface area contributed by atoms with E-state index in [1.165, 1.54) is 10.9 Å². The second kappa shape index (κ2) is 1.70. The minimum atomic E-state index is 0.725. The first-order chi connectivity index (χ1) is 4.92. The van der Waals surface area contributed by atoms with E-state index in [1.807, 2.05) is 0 Å². The van der Waals surface area contributed by atoms with Crippen molar-refractivity contribution in [1.82, 2.24) is 14.5 Å². The second-order valence-electron chi connectivity index (χ2n) is 1.97. The number of nitrogens with one attached hydrogen (secondary N) is 1. The third-order valence-corrected chi connectivity index (χ3v) is 1.41. The van der Waals surface area contributed by atoms with E-state index >= 15 is 0 Å². The Hall–Kier alpha value is -1.58. The molecule has 0 amide bonds. The van der Waals surface area contributed by atoms with Gasteiger partial charge in [0.15, 0.2) is 5.65 Å². The molecule has 4 nitrogen and oxygen atoms in total. The lowest BCUT2D eigenvalue weighted by atomic mass is 10.6. The Kier molecular flexibility index (Phi) is 0.887. The zero-order chi connectivity index (χ0) is 6.97. The minimum absolute atomic E-state index is 0.725. The number of carbonyl (C=O) groups excluding carboxylic acids is 1. The summed E-state index contributed by atoms with van der Waals surface area (Å²) in [4.78, 5) is 17.1. The first-order valence-electron chi connectivity index (χ1n) is 2.87. The minimum Gasteiger partial charge on any atom is -0.345 e. The third kappa shape index (κ3) is 0.500. The highest BCUT2D eigenvalue weighted by atomic mass is 16.1. The molecular formula is C6H5N3O. The lowest BCUT2D eigenvalue weighted by Gasteiger charge is -1.82. The van der Waals surface area contributed by atoms with Crippen LogP contribution in [0.3, 0.4) is 0 Å². The SMILES string of the molecule is O=Cn1cnc2[nH]ccc21. The van der Waals surface area contributed by atoms with E-state index in [0.717, 1.165) is 17.6 Å². The normalized spacial score (nSPS) is 10.4. The molecule has 0 aliphatic carbocycles. The standard InChI is InChI=1S/C6H5N3O/c10-4-9-3-8-6-5(9)1-2-7-6/h1-4,7H. The molecule has 0 unspecified atom stereocenters. The molecule has 2 aromatic heterocycles. The predicted molar refractivity (Wildman–Crippen MR) is 36.2 cm³/mol. The number of fused-ring (bicyclic) bond motifs is 1. The maximum atomic E-state index is 10.3. The largest absolute Gasteiger partial charge is 0.345 e. The van der Waals surface area contributed by atoms with Crippen molar-refractivity contribution in [2.75, 3.05) is 0 Å². The summed E-state index contributed by atoms with van der Waals surface area (Å²) in [5.41, 5.74) is 1.56. The van der Waals surface area contributed by atoms with Crippen molar-refractivity contribution >= 4 is 17.6 Å². The fourth-order valence-corrected chi connectivity index (χ4v) is 0.930. The van der Waals surface area contributed by atoms with E-state index in [1.54, 1.807) is 12.3 Å². The lowest BCUT2D eigenvalue weighted by molar-refractivity contribution is 0.548. The quantitative estimate of drug-likeness (QED) is 0.575. The number of imidazole rings is 1. The van der Waals surface area contributed by atoms with Gasteiger partial charge in [-0.3, -0.25) is 9.36 Å². The summed E-state index contributed by atoms with van der Waals surface area (Å²) >= 11 is 0. The van der Waals surface area contributed by atoms with Crippen LogP contribution in [0.1, 0.15) is 0 Å². The summed E-state index contributed by atoms with van der Waals surface area (Å²) in [6.45, 7) is 0. The van der Waals surface area contributed by atoms with Crippen molar-refractivity contribution < 1.29 is 4.79 Å². The monoisotopic (exact) mass is 135 g/mol. The number of nitrogens with zero attached hydrogens (tertiary/aromatic N) is 2. The Bertz CT molecular complexity index is 360. The highest BCUT2D eigenvalue weighted by Crippen LogP contribution is 2.06. The molecule has 2 heterocycles. The highest BCUT2D eigenvalue weighted by Gasteiger charge is 1.99. The van der Waals surface area contributed by atoms with Gasteiger partial charge in [-0.2, -0.15) is 0 Å². The van der Waals surface area contributed by atoms with Gasteiger partial charge < -0.3 is 4.98 Å². The van der Waals surface area contributed by atoms with Gasteiger partial charge in [0.1, 0.15) is 6.33 Å². The average molecular weight is 135 g/mol. The van der Waals surface area contributed by atoms with Crippen LogP contribution in [0, 0.1) is 0 Å². The smallest absolute Gasteiger partial charge is 0.219 e. The molecule has 0 fully saturated rings. The van der Waals surface area contributed by atoms with Crippen LogP contribution in [0.5, 0.6) is 0 Å². The van der Waals surface area contributed by atoms with Crippen LogP contribution in [0.2, 0.25) is 0 Å². The first kappa shape index (κ1) is 5.22. The molecule has 0 atom stereocenters. The molecule has 0 saturated heterocycles. The zero-order valence-electron chi connectivity index (χ0n) is 5.11. The van der Waals surface area contributed by atoms with Crippen LogP contribution in [-0.4, -0.2) is 20.9 Å². The maximum Gasteiger partial charge on any atom is 0.219 e. The number of H-pyrrole nitrogens is 1. The molecule has 2 aromatic rings. The zero-order valence-corrected chi connectivity index (χ0v) is 5.11. The molecule has 0 aliphatic rings. The number of rotatable bonds is 1. The summed E-state index contributed by atoms with van der Waals surface area (Å²) < 4.78 is 1.42. The molecule has 10 heavy (non-hydrogen) atoms. The summed E-state index contributed by atoms with van der Waals surface area (Å²) in [5, 5.41) is 0. The van der Waals surface area contributed by atoms with Crippen LogP contribution in [0.4, 0.5) is 0 Å². The fraction of sp³-hybridized carbons (Fsp3) is 0. The average Bonchev–Trinajstić information content (AvgIpc) is 2.44. The van der Waals surface area contributed by atoms with E-state index in [4.69, 9.17) is 0 Å². The van der Waals surface area contributed by atoms with Gasteiger partial charge >= 0.3 is 0 Å². The summed E-state index contributed by atoms with van der Waals surface area (Å²) in [7, 11) is 0. The van der Waals surface area contributed by atoms with Crippen molar-refractivity contribution in [1.29, 1.82) is 0 Å². The summed E-state index contributed by atoms with van der Waals surface area (Å²) in [5.74, 6) is 0. The Morgan fingerprint density at radius 3 is 3.40 bits per heavy atom. The fourth-order valence-electron chi connectivity index (χ4n) is 0.930.